The predicted molar refractivity (Wildman–Crippen MR) is 67.2 cm³/mol. The van der Waals surface area contributed by atoms with Crippen LogP contribution in [-0.4, -0.2) is 24.5 Å². The summed E-state index contributed by atoms with van der Waals surface area (Å²) in [6, 6.07) is 8.02. The summed E-state index contributed by atoms with van der Waals surface area (Å²) >= 11 is 0. The third kappa shape index (κ3) is 2.78. The van der Waals surface area contributed by atoms with Gasteiger partial charge in [0.05, 0.1) is 7.11 Å². The van der Waals surface area contributed by atoms with E-state index in [-0.39, 0.29) is 5.91 Å². The third-order valence-electron chi connectivity index (χ3n) is 2.65. The maximum absolute atomic E-state index is 10.8. The molecule has 1 heterocycles. The predicted octanol–water partition coefficient (Wildman–Crippen LogP) is 1.86. The molecule has 0 aliphatic heterocycles. The number of carbonyl (C=O) groups excluding carboxylic acids is 1. The minimum atomic E-state index is 0.00257. The molecule has 0 saturated heterocycles. The number of benzene rings is 1. The van der Waals surface area contributed by atoms with Crippen LogP contribution in [-0.2, 0) is 11.2 Å². The van der Waals surface area contributed by atoms with Crippen molar-refractivity contribution in [3.05, 3.63) is 30.0 Å². The van der Waals surface area contributed by atoms with Crippen LogP contribution in [0.1, 0.15) is 12.6 Å². The minimum absolute atomic E-state index is 0.00257. The summed E-state index contributed by atoms with van der Waals surface area (Å²) in [6.45, 7) is 2.18. The molecule has 1 aromatic carbocycles. The Bertz CT molecular complexity index is 531. The highest BCUT2D eigenvalue weighted by Gasteiger charge is 2.02. The fourth-order valence-electron chi connectivity index (χ4n) is 1.80. The van der Waals surface area contributed by atoms with Crippen LogP contribution in [0, 0.1) is 0 Å². The van der Waals surface area contributed by atoms with Gasteiger partial charge in [-0.2, -0.15) is 0 Å². The van der Waals surface area contributed by atoms with Gasteiger partial charge in [-0.3, -0.25) is 4.79 Å². The summed E-state index contributed by atoms with van der Waals surface area (Å²) in [4.78, 5) is 14.1. The zero-order chi connectivity index (χ0) is 12.3. The van der Waals surface area contributed by atoms with Crippen molar-refractivity contribution in [3.63, 3.8) is 0 Å². The SMILES string of the molecule is COc1ccc2cc(CCNC(C)=O)[nH]c2c1. The lowest BCUT2D eigenvalue weighted by atomic mass is 10.2. The number of carbonyl (C=O) groups is 1. The van der Waals surface area contributed by atoms with Gasteiger partial charge < -0.3 is 15.0 Å². The lowest BCUT2D eigenvalue weighted by Gasteiger charge is -1.99. The fraction of sp³-hybridized carbons (Fsp3) is 0.308. The average Bonchev–Trinajstić information content (AvgIpc) is 2.69. The zero-order valence-corrected chi connectivity index (χ0v) is 10.0. The molecule has 2 aromatic rings. The van der Waals surface area contributed by atoms with Crippen LogP contribution in [0.4, 0.5) is 0 Å². The van der Waals surface area contributed by atoms with E-state index in [1.807, 2.05) is 18.2 Å². The van der Waals surface area contributed by atoms with Crippen LogP contribution in [0.3, 0.4) is 0 Å². The second-order valence-electron chi connectivity index (χ2n) is 3.98. The topological polar surface area (TPSA) is 54.1 Å². The summed E-state index contributed by atoms with van der Waals surface area (Å²) in [5.41, 5.74) is 2.17. The number of amides is 1. The fourth-order valence-corrected chi connectivity index (χ4v) is 1.80. The molecule has 2 rings (SSSR count). The van der Waals surface area contributed by atoms with E-state index >= 15 is 0 Å². The van der Waals surface area contributed by atoms with Gasteiger partial charge >= 0.3 is 0 Å². The molecule has 2 N–H and O–H groups in total. The molecule has 0 atom stereocenters. The van der Waals surface area contributed by atoms with E-state index in [0.717, 1.165) is 28.8 Å². The van der Waals surface area contributed by atoms with E-state index in [4.69, 9.17) is 4.74 Å². The molecule has 0 saturated carbocycles. The number of hydrogen-bond donors (Lipinski definition) is 2. The average molecular weight is 232 g/mol. The molecular weight excluding hydrogens is 216 g/mol. The number of ether oxygens (including phenoxy) is 1. The number of aromatic amines is 1. The van der Waals surface area contributed by atoms with Crippen LogP contribution in [0.15, 0.2) is 24.3 Å². The Morgan fingerprint density at radius 1 is 1.41 bits per heavy atom. The quantitative estimate of drug-likeness (QED) is 0.845. The first-order chi connectivity index (χ1) is 8.19. The van der Waals surface area contributed by atoms with Crippen molar-refractivity contribution in [1.82, 2.24) is 10.3 Å². The summed E-state index contributed by atoms with van der Waals surface area (Å²) in [5, 5.41) is 3.93. The van der Waals surface area contributed by atoms with Crippen LogP contribution in [0.5, 0.6) is 5.75 Å². The molecule has 4 nitrogen and oxygen atoms in total. The van der Waals surface area contributed by atoms with Crippen molar-refractivity contribution in [2.45, 2.75) is 13.3 Å². The van der Waals surface area contributed by atoms with E-state index in [9.17, 15) is 4.79 Å². The van der Waals surface area contributed by atoms with Crippen LogP contribution < -0.4 is 10.1 Å². The number of nitrogens with one attached hydrogen (secondary N) is 2. The Balaban J connectivity index is 2.11. The van der Waals surface area contributed by atoms with Gasteiger partial charge in [-0.15, -0.1) is 0 Å². The highest BCUT2D eigenvalue weighted by Crippen LogP contribution is 2.21. The number of methoxy groups -OCH3 is 1. The van der Waals surface area contributed by atoms with Gasteiger partial charge in [-0.25, -0.2) is 0 Å². The van der Waals surface area contributed by atoms with E-state index in [1.165, 1.54) is 6.92 Å². The molecule has 0 unspecified atom stereocenters. The summed E-state index contributed by atoms with van der Waals surface area (Å²) in [5.74, 6) is 0.843. The molecule has 1 aromatic heterocycles. The molecule has 0 bridgehead atoms. The Morgan fingerprint density at radius 3 is 2.94 bits per heavy atom. The van der Waals surface area contributed by atoms with Crippen LogP contribution in [0.2, 0.25) is 0 Å². The monoisotopic (exact) mass is 232 g/mol. The van der Waals surface area contributed by atoms with Crippen molar-refractivity contribution in [2.24, 2.45) is 0 Å². The first-order valence-corrected chi connectivity index (χ1v) is 5.59. The number of aromatic nitrogens is 1. The van der Waals surface area contributed by atoms with Gasteiger partial charge in [-0.05, 0) is 23.6 Å². The molecule has 0 aliphatic carbocycles. The van der Waals surface area contributed by atoms with E-state index in [1.54, 1.807) is 7.11 Å². The molecule has 17 heavy (non-hydrogen) atoms. The van der Waals surface area contributed by atoms with E-state index < -0.39 is 0 Å². The normalized spacial score (nSPS) is 10.5. The molecule has 0 spiro atoms. The molecule has 0 radical (unpaired) electrons. The van der Waals surface area contributed by atoms with Gasteiger partial charge in [0, 0.05) is 37.2 Å². The van der Waals surface area contributed by atoms with Crippen LogP contribution in [0.25, 0.3) is 10.9 Å². The summed E-state index contributed by atoms with van der Waals surface area (Å²) in [6.07, 6.45) is 0.802. The molecule has 4 heteroatoms. The molecule has 0 aliphatic rings. The van der Waals surface area contributed by atoms with Gasteiger partial charge in [0.25, 0.3) is 0 Å². The Morgan fingerprint density at radius 2 is 2.24 bits per heavy atom. The molecule has 1 amide bonds. The zero-order valence-electron chi connectivity index (χ0n) is 10.0. The molecular formula is C13H16N2O2. The lowest BCUT2D eigenvalue weighted by Crippen LogP contribution is -2.22. The van der Waals surface area contributed by atoms with Crippen LogP contribution >= 0.6 is 0 Å². The van der Waals surface area contributed by atoms with Gasteiger partial charge in [0.1, 0.15) is 5.75 Å². The van der Waals surface area contributed by atoms with Gasteiger partial charge in [0.15, 0.2) is 0 Å². The Kier molecular flexibility index (Phi) is 3.32. The minimum Gasteiger partial charge on any atom is -0.497 e. The third-order valence-corrected chi connectivity index (χ3v) is 2.65. The maximum Gasteiger partial charge on any atom is 0.216 e. The maximum atomic E-state index is 10.8. The summed E-state index contributed by atoms with van der Waals surface area (Å²) < 4.78 is 5.17. The van der Waals surface area contributed by atoms with Crippen molar-refractivity contribution in [3.8, 4) is 5.75 Å². The number of rotatable bonds is 4. The smallest absolute Gasteiger partial charge is 0.216 e. The van der Waals surface area contributed by atoms with E-state index in [0.29, 0.717) is 6.54 Å². The van der Waals surface area contributed by atoms with Crippen molar-refractivity contribution in [1.29, 1.82) is 0 Å². The highest BCUT2D eigenvalue weighted by atomic mass is 16.5. The van der Waals surface area contributed by atoms with Crippen molar-refractivity contribution >= 4 is 16.8 Å². The summed E-state index contributed by atoms with van der Waals surface area (Å²) in [7, 11) is 1.65. The first kappa shape index (κ1) is 11.5. The highest BCUT2D eigenvalue weighted by molar-refractivity contribution is 5.81. The van der Waals surface area contributed by atoms with E-state index in [2.05, 4.69) is 16.4 Å². The number of hydrogen-bond acceptors (Lipinski definition) is 2. The Hall–Kier alpha value is -1.97. The van der Waals surface area contributed by atoms with Crippen molar-refractivity contribution < 1.29 is 9.53 Å². The van der Waals surface area contributed by atoms with Gasteiger partial charge in [-0.1, -0.05) is 0 Å². The number of H-pyrrole nitrogens is 1. The van der Waals surface area contributed by atoms with Gasteiger partial charge in [0.2, 0.25) is 5.91 Å². The lowest BCUT2D eigenvalue weighted by molar-refractivity contribution is -0.118. The Labute approximate surface area is 100.0 Å². The number of fused-ring (bicyclic) bond motifs is 1. The second kappa shape index (κ2) is 4.91. The largest absolute Gasteiger partial charge is 0.497 e. The standard InChI is InChI=1S/C13H16N2O2/c1-9(16)14-6-5-11-7-10-3-4-12(17-2)8-13(10)15-11/h3-4,7-8,15H,5-6H2,1-2H3,(H,14,16). The second-order valence-corrected chi connectivity index (χ2v) is 3.98. The molecule has 90 valence electrons. The molecule has 0 fully saturated rings. The first-order valence-electron chi connectivity index (χ1n) is 5.59. The van der Waals surface area contributed by atoms with Crippen molar-refractivity contribution in [2.75, 3.05) is 13.7 Å².